The summed E-state index contributed by atoms with van der Waals surface area (Å²) in [7, 11) is 1.43. The summed E-state index contributed by atoms with van der Waals surface area (Å²) in [6, 6.07) is 9.35. The SMILES string of the molecule is COC(=O)C[C@H]1CC[C@@H](Oc2ccc(-c3ccc(C#N)cn3)cn2)CC1. The lowest BCUT2D eigenvalue weighted by atomic mass is 9.85. The lowest BCUT2D eigenvalue weighted by Crippen LogP contribution is -2.25. The molecule has 1 saturated carbocycles. The number of aromatic nitrogens is 2. The van der Waals surface area contributed by atoms with Gasteiger partial charge >= 0.3 is 5.97 Å². The van der Waals surface area contributed by atoms with Crippen LogP contribution >= 0.6 is 0 Å². The van der Waals surface area contributed by atoms with Gasteiger partial charge in [-0.15, -0.1) is 0 Å². The molecule has 0 unspecified atom stereocenters. The summed E-state index contributed by atoms with van der Waals surface area (Å²) in [6.45, 7) is 0. The molecule has 0 atom stereocenters. The summed E-state index contributed by atoms with van der Waals surface area (Å²) in [6.07, 6.45) is 7.67. The normalized spacial score (nSPS) is 19.4. The van der Waals surface area contributed by atoms with Crippen LogP contribution in [0.25, 0.3) is 11.3 Å². The Labute approximate surface area is 152 Å². The van der Waals surface area contributed by atoms with Crippen LogP contribution in [0.3, 0.4) is 0 Å². The molecule has 0 aromatic carbocycles. The maximum atomic E-state index is 11.4. The Morgan fingerprint density at radius 2 is 1.96 bits per heavy atom. The van der Waals surface area contributed by atoms with Crippen LogP contribution in [0.1, 0.15) is 37.7 Å². The molecule has 0 spiro atoms. The Bertz CT molecular complexity index is 773. The third-order valence-electron chi connectivity index (χ3n) is 4.69. The van der Waals surface area contributed by atoms with Crippen molar-refractivity contribution in [3.05, 3.63) is 42.2 Å². The molecular formula is C20H21N3O3. The summed E-state index contributed by atoms with van der Waals surface area (Å²) in [5.74, 6) is 0.849. The van der Waals surface area contributed by atoms with E-state index in [-0.39, 0.29) is 12.1 Å². The largest absolute Gasteiger partial charge is 0.474 e. The summed E-state index contributed by atoms with van der Waals surface area (Å²) in [5.41, 5.74) is 2.18. The molecule has 2 heterocycles. The Balaban J connectivity index is 1.53. The molecule has 3 rings (SSSR count). The fourth-order valence-electron chi connectivity index (χ4n) is 3.18. The van der Waals surface area contributed by atoms with E-state index < -0.39 is 0 Å². The highest BCUT2D eigenvalue weighted by Gasteiger charge is 2.24. The second-order valence-corrected chi connectivity index (χ2v) is 6.47. The minimum atomic E-state index is -0.136. The van der Waals surface area contributed by atoms with E-state index >= 15 is 0 Å². The molecule has 1 fully saturated rings. The van der Waals surface area contributed by atoms with Gasteiger partial charge < -0.3 is 9.47 Å². The number of hydrogen-bond donors (Lipinski definition) is 0. The number of nitrogens with zero attached hydrogens (tertiary/aromatic N) is 3. The summed E-state index contributed by atoms with van der Waals surface area (Å²) >= 11 is 0. The van der Waals surface area contributed by atoms with Crippen molar-refractivity contribution in [2.45, 2.75) is 38.2 Å². The van der Waals surface area contributed by atoms with Crippen LogP contribution in [0.4, 0.5) is 0 Å². The molecule has 0 aliphatic heterocycles. The van der Waals surface area contributed by atoms with Gasteiger partial charge in [0, 0.05) is 30.4 Å². The molecular weight excluding hydrogens is 330 g/mol. The number of ether oxygens (including phenoxy) is 2. The second-order valence-electron chi connectivity index (χ2n) is 6.47. The number of carbonyl (C=O) groups excluding carboxylic acids is 1. The summed E-state index contributed by atoms with van der Waals surface area (Å²) in [5, 5.41) is 8.82. The zero-order valence-corrected chi connectivity index (χ0v) is 14.7. The number of nitriles is 1. The average Bonchev–Trinajstić information content (AvgIpc) is 2.70. The van der Waals surface area contributed by atoms with Gasteiger partial charge in [-0.2, -0.15) is 5.26 Å². The van der Waals surface area contributed by atoms with E-state index in [2.05, 4.69) is 16.0 Å². The zero-order chi connectivity index (χ0) is 18.4. The highest BCUT2D eigenvalue weighted by Crippen LogP contribution is 2.29. The Kier molecular flexibility index (Phi) is 5.80. The summed E-state index contributed by atoms with van der Waals surface area (Å²) < 4.78 is 10.7. The van der Waals surface area contributed by atoms with Crippen molar-refractivity contribution in [3.63, 3.8) is 0 Å². The van der Waals surface area contributed by atoms with Gasteiger partial charge in [0.05, 0.1) is 18.4 Å². The van der Waals surface area contributed by atoms with Crippen molar-refractivity contribution < 1.29 is 14.3 Å². The highest BCUT2D eigenvalue weighted by molar-refractivity contribution is 5.69. The van der Waals surface area contributed by atoms with Crippen molar-refractivity contribution in [3.8, 4) is 23.2 Å². The first-order valence-electron chi connectivity index (χ1n) is 8.74. The minimum absolute atomic E-state index is 0.135. The van der Waals surface area contributed by atoms with E-state index in [4.69, 9.17) is 14.7 Å². The van der Waals surface area contributed by atoms with Gasteiger partial charge in [-0.25, -0.2) is 4.98 Å². The molecule has 2 aromatic rings. The van der Waals surface area contributed by atoms with Gasteiger partial charge in [0.25, 0.3) is 0 Å². The number of methoxy groups -OCH3 is 1. The standard InChI is InChI=1S/C20H21N3O3/c1-25-20(24)10-14-2-6-17(7-3-14)26-19-9-5-16(13-23-19)18-8-4-15(11-21)12-22-18/h4-5,8-9,12-14,17H,2-3,6-7,10H2,1H3/t14-,17+. The van der Waals surface area contributed by atoms with Crippen molar-refractivity contribution in [1.29, 1.82) is 5.26 Å². The average molecular weight is 351 g/mol. The predicted octanol–water partition coefficient (Wildman–Crippen LogP) is 3.52. The molecule has 26 heavy (non-hydrogen) atoms. The van der Waals surface area contributed by atoms with Crippen molar-refractivity contribution >= 4 is 5.97 Å². The molecule has 6 heteroatoms. The molecule has 1 aliphatic rings. The Morgan fingerprint density at radius 1 is 1.15 bits per heavy atom. The van der Waals surface area contributed by atoms with E-state index in [1.807, 2.05) is 12.1 Å². The van der Waals surface area contributed by atoms with E-state index in [0.717, 1.165) is 36.9 Å². The molecule has 2 aromatic heterocycles. The third-order valence-corrected chi connectivity index (χ3v) is 4.69. The lowest BCUT2D eigenvalue weighted by molar-refractivity contribution is -0.142. The van der Waals surface area contributed by atoms with E-state index in [1.54, 1.807) is 24.5 Å². The lowest BCUT2D eigenvalue weighted by Gasteiger charge is -2.28. The van der Waals surface area contributed by atoms with Crippen LogP contribution in [0.5, 0.6) is 5.88 Å². The fourth-order valence-corrected chi connectivity index (χ4v) is 3.18. The van der Waals surface area contributed by atoms with E-state index in [0.29, 0.717) is 23.8 Å². The molecule has 0 bridgehead atoms. The molecule has 0 N–H and O–H groups in total. The monoisotopic (exact) mass is 351 g/mol. The molecule has 0 saturated heterocycles. The van der Waals surface area contributed by atoms with Gasteiger partial charge in [-0.3, -0.25) is 9.78 Å². The van der Waals surface area contributed by atoms with Crippen LogP contribution < -0.4 is 4.74 Å². The third kappa shape index (κ3) is 4.57. The van der Waals surface area contributed by atoms with Crippen molar-refractivity contribution in [1.82, 2.24) is 9.97 Å². The Hall–Kier alpha value is -2.94. The number of hydrogen-bond acceptors (Lipinski definition) is 6. The first-order chi connectivity index (χ1) is 12.7. The van der Waals surface area contributed by atoms with E-state index in [1.165, 1.54) is 7.11 Å². The topological polar surface area (TPSA) is 85.1 Å². The van der Waals surface area contributed by atoms with Crippen molar-refractivity contribution in [2.75, 3.05) is 7.11 Å². The fraction of sp³-hybridized carbons (Fsp3) is 0.400. The van der Waals surface area contributed by atoms with Crippen LogP contribution in [0.15, 0.2) is 36.7 Å². The quantitative estimate of drug-likeness (QED) is 0.766. The van der Waals surface area contributed by atoms with E-state index in [9.17, 15) is 4.79 Å². The maximum absolute atomic E-state index is 11.4. The second kappa shape index (κ2) is 8.43. The van der Waals surface area contributed by atoms with Crippen molar-refractivity contribution in [2.24, 2.45) is 5.92 Å². The Morgan fingerprint density at radius 3 is 2.54 bits per heavy atom. The number of pyridine rings is 2. The van der Waals surface area contributed by atoms with Crippen LogP contribution in [-0.4, -0.2) is 29.2 Å². The first kappa shape index (κ1) is 17.9. The molecule has 0 amide bonds. The van der Waals surface area contributed by atoms with Gasteiger partial charge in [0.15, 0.2) is 0 Å². The molecule has 134 valence electrons. The number of rotatable bonds is 5. The smallest absolute Gasteiger partial charge is 0.305 e. The minimum Gasteiger partial charge on any atom is -0.474 e. The van der Waals surface area contributed by atoms with Gasteiger partial charge in [0.1, 0.15) is 12.2 Å². The maximum Gasteiger partial charge on any atom is 0.305 e. The van der Waals surface area contributed by atoms with Gasteiger partial charge in [0.2, 0.25) is 5.88 Å². The summed E-state index contributed by atoms with van der Waals surface area (Å²) in [4.78, 5) is 20.0. The predicted molar refractivity (Wildman–Crippen MR) is 95.2 cm³/mol. The molecule has 6 nitrogen and oxygen atoms in total. The van der Waals surface area contributed by atoms with Crippen LogP contribution in [0, 0.1) is 17.2 Å². The molecule has 0 radical (unpaired) electrons. The highest BCUT2D eigenvalue weighted by atomic mass is 16.5. The van der Waals surface area contributed by atoms with Gasteiger partial charge in [-0.1, -0.05) is 0 Å². The zero-order valence-electron chi connectivity index (χ0n) is 14.7. The van der Waals surface area contributed by atoms with Gasteiger partial charge in [-0.05, 0) is 49.8 Å². The van der Waals surface area contributed by atoms with Crippen LogP contribution in [-0.2, 0) is 9.53 Å². The first-order valence-corrected chi connectivity index (χ1v) is 8.74. The number of carbonyl (C=O) groups is 1. The van der Waals surface area contributed by atoms with Crippen LogP contribution in [0.2, 0.25) is 0 Å². The molecule has 1 aliphatic carbocycles. The number of esters is 1.